The number of carbonyl (C=O) groups excluding carboxylic acids is 1. The van der Waals surface area contributed by atoms with E-state index in [-0.39, 0.29) is 5.91 Å². The fraction of sp³-hybridized carbons (Fsp3) is 0.588. The molecule has 3 rings (SSSR count). The molecule has 0 aromatic heterocycles. The Hall–Kier alpha value is -1.39. The fourth-order valence-electron chi connectivity index (χ4n) is 3.36. The molecule has 4 heteroatoms. The van der Waals surface area contributed by atoms with Crippen molar-refractivity contribution in [3.8, 4) is 0 Å². The molecule has 2 aliphatic rings. The van der Waals surface area contributed by atoms with Crippen LogP contribution in [0.1, 0.15) is 37.2 Å². The van der Waals surface area contributed by atoms with Crippen LogP contribution in [0.4, 0.5) is 0 Å². The van der Waals surface area contributed by atoms with Crippen molar-refractivity contribution in [1.29, 1.82) is 0 Å². The molecule has 1 aliphatic heterocycles. The third kappa shape index (κ3) is 2.97. The number of ether oxygens (including phenoxy) is 1. The van der Waals surface area contributed by atoms with E-state index in [0.29, 0.717) is 31.7 Å². The van der Waals surface area contributed by atoms with Gasteiger partial charge < -0.3 is 15.8 Å². The van der Waals surface area contributed by atoms with E-state index in [2.05, 4.69) is 29.6 Å². The first kappa shape index (κ1) is 14.5. The van der Waals surface area contributed by atoms with Gasteiger partial charge in [-0.05, 0) is 37.2 Å². The summed E-state index contributed by atoms with van der Waals surface area (Å²) in [5.41, 5.74) is 6.85. The Morgan fingerprint density at radius 1 is 1.24 bits per heavy atom. The highest BCUT2D eigenvalue weighted by molar-refractivity contribution is 5.83. The highest BCUT2D eigenvalue weighted by Crippen LogP contribution is 2.38. The molecule has 0 radical (unpaired) electrons. The maximum absolute atomic E-state index is 12.6. The zero-order valence-corrected chi connectivity index (χ0v) is 12.4. The minimum absolute atomic E-state index is 0.129. The number of benzene rings is 1. The smallest absolute Gasteiger partial charge is 0.227 e. The summed E-state index contributed by atoms with van der Waals surface area (Å²) in [5.74, 6) is 0.713. The summed E-state index contributed by atoms with van der Waals surface area (Å²) in [6, 6.07) is 10.8. The predicted octanol–water partition coefficient (Wildman–Crippen LogP) is 1.80. The molecule has 4 nitrogen and oxygen atoms in total. The van der Waals surface area contributed by atoms with Crippen LogP contribution in [0.2, 0.25) is 0 Å². The number of hydrogen-bond acceptors (Lipinski definition) is 3. The normalized spacial score (nSPS) is 27.7. The molecule has 0 spiro atoms. The van der Waals surface area contributed by atoms with Crippen molar-refractivity contribution < 1.29 is 9.53 Å². The van der Waals surface area contributed by atoms with E-state index in [1.165, 1.54) is 5.56 Å². The molecule has 1 amide bonds. The van der Waals surface area contributed by atoms with E-state index in [4.69, 9.17) is 10.5 Å². The number of carbonyl (C=O) groups is 1. The van der Waals surface area contributed by atoms with Gasteiger partial charge >= 0.3 is 0 Å². The Kier molecular flexibility index (Phi) is 4.27. The van der Waals surface area contributed by atoms with Gasteiger partial charge in [-0.15, -0.1) is 0 Å². The molecule has 1 aromatic carbocycles. The Labute approximate surface area is 126 Å². The van der Waals surface area contributed by atoms with Gasteiger partial charge in [-0.3, -0.25) is 4.79 Å². The van der Waals surface area contributed by atoms with E-state index < -0.39 is 5.41 Å². The second-order valence-corrected chi connectivity index (χ2v) is 6.35. The maximum atomic E-state index is 12.6. The van der Waals surface area contributed by atoms with Gasteiger partial charge in [0.2, 0.25) is 5.91 Å². The summed E-state index contributed by atoms with van der Waals surface area (Å²) < 4.78 is 5.36. The van der Waals surface area contributed by atoms with E-state index in [0.717, 1.165) is 25.7 Å². The standard InChI is InChI=1S/C17H24N2O2/c18-12-17(6-8-21-9-7-17)16(20)19-15-10-14(11-15)13-4-2-1-3-5-13/h1-5,14-15H,6-12,18H2,(H,19,20). The van der Waals surface area contributed by atoms with Crippen molar-refractivity contribution in [2.45, 2.75) is 37.6 Å². The third-order valence-corrected chi connectivity index (χ3v) is 5.07. The molecule has 2 fully saturated rings. The first-order valence-electron chi connectivity index (χ1n) is 7.87. The van der Waals surface area contributed by atoms with Crippen LogP contribution in [0.15, 0.2) is 30.3 Å². The average Bonchev–Trinajstić information content (AvgIpc) is 2.51. The summed E-state index contributed by atoms with van der Waals surface area (Å²) in [5, 5.41) is 3.20. The van der Waals surface area contributed by atoms with E-state index >= 15 is 0 Å². The number of nitrogens with two attached hydrogens (primary N) is 1. The third-order valence-electron chi connectivity index (χ3n) is 5.07. The lowest BCUT2D eigenvalue weighted by Crippen LogP contribution is -2.54. The number of nitrogens with one attached hydrogen (secondary N) is 1. The molecule has 1 saturated carbocycles. The maximum Gasteiger partial charge on any atom is 0.227 e. The second kappa shape index (κ2) is 6.16. The average molecular weight is 288 g/mol. The van der Waals surface area contributed by atoms with Crippen LogP contribution in [-0.4, -0.2) is 31.7 Å². The lowest BCUT2D eigenvalue weighted by molar-refractivity contribution is -0.137. The second-order valence-electron chi connectivity index (χ2n) is 6.35. The van der Waals surface area contributed by atoms with Crippen LogP contribution in [0, 0.1) is 5.41 Å². The minimum atomic E-state index is -0.407. The van der Waals surface area contributed by atoms with Gasteiger partial charge in [0.1, 0.15) is 0 Å². The van der Waals surface area contributed by atoms with Gasteiger partial charge in [0, 0.05) is 25.8 Å². The molecule has 1 aliphatic carbocycles. The Bertz CT molecular complexity index is 477. The highest BCUT2D eigenvalue weighted by atomic mass is 16.5. The van der Waals surface area contributed by atoms with E-state index in [1.54, 1.807) is 0 Å². The van der Waals surface area contributed by atoms with Gasteiger partial charge in [0.15, 0.2) is 0 Å². The molecule has 1 aromatic rings. The predicted molar refractivity (Wildman–Crippen MR) is 81.9 cm³/mol. The van der Waals surface area contributed by atoms with Crippen molar-refractivity contribution in [3.63, 3.8) is 0 Å². The molecule has 114 valence electrons. The Morgan fingerprint density at radius 3 is 2.52 bits per heavy atom. The van der Waals surface area contributed by atoms with Crippen LogP contribution in [0.5, 0.6) is 0 Å². The first-order valence-corrected chi connectivity index (χ1v) is 7.87. The Morgan fingerprint density at radius 2 is 1.90 bits per heavy atom. The van der Waals surface area contributed by atoms with Crippen LogP contribution < -0.4 is 11.1 Å². The van der Waals surface area contributed by atoms with Gasteiger partial charge in [0.05, 0.1) is 5.41 Å². The Balaban J connectivity index is 1.53. The molecule has 1 saturated heterocycles. The van der Waals surface area contributed by atoms with E-state index in [1.807, 2.05) is 6.07 Å². The van der Waals surface area contributed by atoms with Crippen LogP contribution >= 0.6 is 0 Å². The molecule has 0 atom stereocenters. The van der Waals surface area contributed by atoms with Crippen molar-refractivity contribution in [1.82, 2.24) is 5.32 Å². The molecular formula is C17H24N2O2. The summed E-state index contributed by atoms with van der Waals surface area (Å²) in [6.45, 7) is 1.70. The molecule has 1 heterocycles. The molecular weight excluding hydrogens is 264 g/mol. The van der Waals surface area contributed by atoms with Crippen molar-refractivity contribution >= 4 is 5.91 Å². The van der Waals surface area contributed by atoms with E-state index in [9.17, 15) is 4.79 Å². The summed E-state index contributed by atoms with van der Waals surface area (Å²) in [6.07, 6.45) is 3.55. The van der Waals surface area contributed by atoms with Crippen LogP contribution in [-0.2, 0) is 9.53 Å². The fourth-order valence-corrected chi connectivity index (χ4v) is 3.36. The van der Waals surface area contributed by atoms with Crippen molar-refractivity contribution in [2.24, 2.45) is 11.1 Å². The van der Waals surface area contributed by atoms with Gasteiger partial charge in [-0.1, -0.05) is 30.3 Å². The summed E-state index contributed by atoms with van der Waals surface area (Å²) in [7, 11) is 0. The van der Waals surface area contributed by atoms with Gasteiger partial charge in [-0.25, -0.2) is 0 Å². The zero-order valence-electron chi connectivity index (χ0n) is 12.4. The zero-order chi connectivity index (χ0) is 14.7. The van der Waals surface area contributed by atoms with Crippen LogP contribution in [0.3, 0.4) is 0 Å². The monoisotopic (exact) mass is 288 g/mol. The molecule has 21 heavy (non-hydrogen) atoms. The topological polar surface area (TPSA) is 64.4 Å². The molecule has 3 N–H and O–H groups in total. The van der Waals surface area contributed by atoms with Crippen molar-refractivity contribution in [2.75, 3.05) is 19.8 Å². The quantitative estimate of drug-likeness (QED) is 0.888. The number of hydrogen-bond donors (Lipinski definition) is 2. The number of amides is 1. The van der Waals surface area contributed by atoms with Gasteiger partial charge in [-0.2, -0.15) is 0 Å². The summed E-state index contributed by atoms with van der Waals surface area (Å²) in [4.78, 5) is 12.6. The lowest BCUT2D eigenvalue weighted by Gasteiger charge is -2.40. The van der Waals surface area contributed by atoms with Gasteiger partial charge in [0.25, 0.3) is 0 Å². The van der Waals surface area contributed by atoms with Crippen LogP contribution in [0.25, 0.3) is 0 Å². The highest BCUT2D eigenvalue weighted by Gasteiger charge is 2.41. The SMILES string of the molecule is NCC1(C(=O)NC2CC(c3ccccc3)C2)CCOCC1. The minimum Gasteiger partial charge on any atom is -0.381 e. The van der Waals surface area contributed by atoms with Crippen molar-refractivity contribution in [3.05, 3.63) is 35.9 Å². The molecule has 0 unspecified atom stereocenters. The first-order chi connectivity index (χ1) is 10.2. The molecule has 0 bridgehead atoms. The number of rotatable bonds is 4. The lowest BCUT2D eigenvalue weighted by atomic mass is 9.74. The largest absolute Gasteiger partial charge is 0.381 e. The summed E-state index contributed by atoms with van der Waals surface area (Å²) >= 11 is 0.